The van der Waals surface area contributed by atoms with E-state index in [1.165, 1.54) is 12.1 Å². The molecule has 3 aromatic rings. The van der Waals surface area contributed by atoms with Crippen LogP contribution in [-0.2, 0) is 12.5 Å². The number of guanidine groups is 1. The van der Waals surface area contributed by atoms with Crippen molar-refractivity contribution in [1.29, 1.82) is 0 Å². The smallest absolute Gasteiger partial charge is 0.270 e. The van der Waals surface area contributed by atoms with Gasteiger partial charge < -0.3 is 10.2 Å². The second kappa shape index (κ2) is 8.12. The average molecular weight is 493 g/mol. The maximum Gasteiger partial charge on any atom is 0.270 e. The summed E-state index contributed by atoms with van der Waals surface area (Å²) in [4.78, 5) is 9.88. The lowest BCUT2D eigenvalue weighted by Crippen LogP contribution is -2.51. The minimum atomic E-state index is -2.87. The van der Waals surface area contributed by atoms with Crippen molar-refractivity contribution in [3.63, 3.8) is 0 Å². The molecular weight excluding hydrogens is 466 g/mol. The number of fused-ring (bicyclic) bond motifs is 5. The molecule has 6 nitrogen and oxygen atoms in total. The summed E-state index contributed by atoms with van der Waals surface area (Å²) in [5.74, 6) is -0.406. The fraction of sp³-hybridized carbons (Fsp3) is 0.346. The number of nitrogens with one attached hydrogen (secondary N) is 1. The number of thiocarbonyl (C=S) groups is 1. The second-order valence-electron chi connectivity index (χ2n) is 9.51. The maximum atomic E-state index is 13.7. The molecular formula is C26H26F2N6S. The van der Waals surface area contributed by atoms with E-state index in [0.29, 0.717) is 11.5 Å². The summed E-state index contributed by atoms with van der Waals surface area (Å²) in [5, 5.41) is 8.57. The molecule has 0 saturated heterocycles. The summed E-state index contributed by atoms with van der Waals surface area (Å²) in [6.45, 7) is 1.33. The number of alkyl halides is 2. The molecule has 180 valence electrons. The number of hydrogen-bond acceptors (Lipinski definition) is 5. The Kier molecular flexibility index (Phi) is 5.14. The maximum absolute atomic E-state index is 13.7. The third-order valence-corrected chi connectivity index (χ3v) is 7.56. The number of nitrogens with zero attached hydrogens (tertiary/aromatic N) is 5. The Morgan fingerprint density at radius 2 is 1.83 bits per heavy atom. The molecule has 0 spiro atoms. The van der Waals surface area contributed by atoms with E-state index in [-0.39, 0.29) is 17.6 Å². The fourth-order valence-corrected chi connectivity index (χ4v) is 5.55. The van der Waals surface area contributed by atoms with Crippen LogP contribution >= 0.6 is 12.2 Å². The standard InChI is InChI=1S/C26H26F2N6S/c1-26(27,28)17-13-11-16(12-14-17)15-33-22(29-18-7-4-3-5-8-18)21-23(31-33)34-20-10-6-9-19(20)30-25(34)32(2)24(21)35/h3-5,7-8,11-14,19-20,29H,6,9-10,15H2,1-2H3/t19-,20+/m1/s1. The molecule has 3 heterocycles. The van der Waals surface area contributed by atoms with Gasteiger partial charge in [0.25, 0.3) is 5.92 Å². The number of benzene rings is 2. The van der Waals surface area contributed by atoms with Gasteiger partial charge in [0, 0.05) is 25.2 Å². The number of para-hydroxylation sites is 1. The zero-order valence-electron chi connectivity index (χ0n) is 19.6. The summed E-state index contributed by atoms with van der Waals surface area (Å²) in [7, 11) is 1.96. The molecule has 0 unspecified atom stereocenters. The molecule has 3 aliphatic rings. The Balaban J connectivity index is 1.45. The summed E-state index contributed by atoms with van der Waals surface area (Å²) in [6.07, 6.45) is 3.29. The van der Waals surface area contributed by atoms with Gasteiger partial charge in [-0.2, -0.15) is 5.10 Å². The van der Waals surface area contributed by atoms with Crippen LogP contribution in [0.2, 0.25) is 0 Å². The van der Waals surface area contributed by atoms with Crippen LogP contribution in [0.3, 0.4) is 0 Å². The van der Waals surface area contributed by atoms with Crippen LogP contribution in [0.4, 0.5) is 26.1 Å². The lowest BCUT2D eigenvalue weighted by molar-refractivity contribution is 0.0174. The van der Waals surface area contributed by atoms with Crippen LogP contribution in [0, 0.1) is 0 Å². The van der Waals surface area contributed by atoms with Gasteiger partial charge in [-0.15, -0.1) is 0 Å². The molecule has 2 atom stereocenters. The molecule has 1 aromatic heterocycles. The first-order valence-electron chi connectivity index (χ1n) is 11.9. The molecule has 0 bridgehead atoms. The van der Waals surface area contributed by atoms with Crippen molar-refractivity contribution in [2.24, 2.45) is 4.99 Å². The van der Waals surface area contributed by atoms with Crippen molar-refractivity contribution in [2.75, 3.05) is 17.3 Å². The first-order chi connectivity index (χ1) is 16.8. The highest BCUT2D eigenvalue weighted by atomic mass is 32.1. The highest BCUT2D eigenvalue weighted by Crippen LogP contribution is 2.43. The van der Waals surface area contributed by atoms with Gasteiger partial charge in [-0.05, 0) is 37.0 Å². The molecule has 1 fully saturated rings. The number of aromatic nitrogens is 2. The van der Waals surface area contributed by atoms with Crippen LogP contribution in [0.1, 0.15) is 42.9 Å². The van der Waals surface area contributed by atoms with E-state index in [1.54, 1.807) is 12.1 Å². The first-order valence-corrected chi connectivity index (χ1v) is 12.3. The van der Waals surface area contributed by atoms with Crippen LogP contribution in [0.25, 0.3) is 0 Å². The Labute approximate surface area is 208 Å². The molecule has 1 N–H and O–H groups in total. The summed E-state index contributed by atoms with van der Waals surface area (Å²) >= 11 is 5.92. The Morgan fingerprint density at radius 1 is 1.09 bits per heavy atom. The summed E-state index contributed by atoms with van der Waals surface area (Å²) < 4.78 is 29.3. The molecule has 1 saturated carbocycles. The molecule has 1 aliphatic carbocycles. The number of aliphatic imine (C=N–C) groups is 1. The summed E-state index contributed by atoms with van der Waals surface area (Å²) in [6, 6.07) is 16.9. The van der Waals surface area contributed by atoms with Gasteiger partial charge in [0.05, 0.1) is 24.2 Å². The van der Waals surface area contributed by atoms with Crippen molar-refractivity contribution >= 4 is 40.5 Å². The van der Waals surface area contributed by atoms with Crippen molar-refractivity contribution in [1.82, 2.24) is 14.7 Å². The normalized spacial score (nSPS) is 21.0. The molecule has 6 rings (SSSR count). The zero-order valence-corrected chi connectivity index (χ0v) is 20.4. The highest BCUT2D eigenvalue weighted by Gasteiger charge is 2.48. The molecule has 0 amide bonds. The number of anilines is 3. The number of rotatable bonds is 5. The van der Waals surface area contributed by atoms with Gasteiger partial charge in [-0.3, -0.25) is 4.90 Å². The van der Waals surface area contributed by atoms with Gasteiger partial charge in [0.1, 0.15) is 10.8 Å². The second-order valence-corrected chi connectivity index (χ2v) is 9.90. The minimum Gasteiger partial charge on any atom is -0.340 e. The topological polar surface area (TPSA) is 48.7 Å². The third-order valence-electron chi connectivity index (χ3n) is 7.08. The predicted octanol–water partition coefficient (Wildman–Crippen LogP) is 5.50. The van der Waals surface area contributed by atoms with Crippen LogP contribution in [0.5, 0.6) is 0 Å². The SMILES string of the molecule is CN1C(=S)c2c(nn(Cc3ccc(C(C)(F)F)cc3)c2Nc2ccccc2)N2C1=N[C@@H]1CCC[C@@H]12. The van der Waals surface area contributed by atoms with E-state index in [0.717, 1.165) is 60.6 Å². The van der Waals surface area contributed by atoms with E-state index in [9.17, 15) is 8.78 Å². The average Bonchev–Trinajstić information content (AvgIpc) is 3.52. The van der Waals surface area contributed by atoms with Crippen LogP contribution < -0.4 is 10.2 Å². The van der Waals surface area contributed by atoms with E-state index in [1.807, 2.05) is 47.0 Å². The Bertz CT molecular complexity index is 1310. The van der Waals surface area contributed by atoms with Crippen molar-refractivity contribution < 1.29 is 8.78 Å². The van der Waals surface area contributed by atoms with Gasteiger partial charge in [-0.1, -0.05) is 54.7 Å². The van der Waals surface area contributed by atoms with Crippen LogP contribution in [-0.4, -0.2) is 44.8 Å². The minimum absolute atomic E-state index is 0.00311. The van der Waals surface area contributed by atoms with Crippen molar-refractivity contribution in [3.8, 4) is 0 Å². The third kappa shape index (κ3) is 3.69. The van der Waals surface area contributed by atoms with Crippen LogP contribution in [0.15, 0.2) is 59.6 Å². The van der Waals surface area contributed by atoms with Crippen molar-refractivity contribution in [3.05, 3.63) is 71.3 Å². The van der Waals surface area contributed by atoms with Gasteiger partial charge >= 0.3 is 0 Å². The fourth-order valence-electron chi connectivity index (χ4n) is 5.28. The number of hydrogen-bond donors (Lipinski definition) is 1. The lowest BCUT2D eigenvalue weighted by Gasteiger charge is -2.35. The molecule has 9 heteroatoms. The number of halogens is 2. The zero-order chi connectivity index (χ0) is 24.3. The first kappa shape index (κ1) is 22.2. The van der Waals surface area contributed by atoms with E-state index < -0.39 is 5.92 Å². The predicted molar refractivity (Wildman–Crippen MR) is 138 cm³/mol. The van der Waals surface area contributed by atoms with E-state index >= 15 is 0 Å². The largest absolute Gasteiger partial charge is 0.340 e. The molecule has 2 aliphatic heterocycles. The van der Waals surface area contributed by atoms with Crippen molar-refractivity contribution in [2.45, 2.75) is 50.7 Å². The monoisotopic (exact) mass is 492 g/mol. The van der Waals surface area contributed by atoms with E-state index in [4.69, 9.17) is 22.3 Å². The van der Waals surface area contributed by atoms with Gasteiger partial charge in [0.15, 0.2) is 5.82 Å². The summed E-state index contributed by atoms with van der Waals surface area (Å²) in [5.41, 5.74) is 2.66. The molecule has 0 radical (unpaired) electrons. The molecule has 35 heavy (non-hydrogen) atoms. The highest BCUT2D eigenvalue weighted by molar-refractivity contribution is 7.80. The quantitative estimate of drug-likeness (QED) is 0.477. The molecule has 2 aromatic carbocycles. The van der Waals surface area contributed by atoms with E-state index in [2.05, 4.69) is 10.2 Å². The lowest BCUT2D eigenvalue weighted by atomic mass is 10.1. The Hall–Kier alpha value is -3.33. The van der Waals surface area contributed by atoms with Gasteiger partial charge in [0.2, 0.25) is 5.96 Å². The van der Waals surface area contributed by atoms with Gasteiger partial charge in [-0.25, -0.2) is 18.5 Å². The Morgan fingerprint density at radius 3 is 2.54 bits per heavy atom.